The molecule has 0 amide bonds. The van der Waals surface area contributed by atoms with Crippen LogP contribution in [0.1, 0.15) is 6.42 Å². The fraction of sp³-hybridized carbons (Fsp3) is 0.222. The molecule has 0 fully saturated rings. The summed E-state index contributed by atoms with van der Waals surface area (Å²) < 4.78 is 5.27. The van der Waals surface area contributed by atoms with Crippen LogP contribution in [0.15, 0.2) is 42.4 Å². The highest BCUT2D eigenvalue weighted by Gasteiger charge is 1.93. The number of allylic oxidation sites excluding steroid dienone is 2. The van der Waals surface area contributed by atoms with Crippen LogP contribution in [0, 0.1) is 0 Å². The Morgan fingerprint density at radius 3 is 3.30 bits per heavy atom. The van der Waals surface area contributed by atoms with Gasteiger partial charge in [-0.2, -0.15) is 0 Å². The van der Waals surface area contributed by atoms with Crippen LogP contribution in [0.3, 0.4) is 0 Å². The maximum absolute atomic E-state index is 5.27. The Kier molecular flexibility index (Phi) is 2.60. The van der Waals surface area contributed by atoms with Gasteiger partial charge in [0.25, 0.3) is 0 Å². The Hall–Kier alpha value is -1.20. The molecule has 0 radical (unpaired) electrons. The van der Waals surface area contributed by atoms with Gasteiger partial charge in [-0.3, -0.25) is 0 Å². The van der Waals surface area contributed by atoms with E-state index in [0.717, 1.165) is 12.2 Å². The lowest BCUT2D eigenvalue weighted by molar-refractivity contribution is 0.242. The summed E-state index contributed by atoms with van der Waals surface area (Å²) >= 11 is 0. The number of ether oxygens (including phenoxy) is 1. The lowest BCUT2D eigenvalue weighted by Crippen LogP contribution is -1.91. The minimum atomic E-state index is 0.591. The van der Waals surface area contributed by atoms with Gasteiger partial charge in [0.15, 0.2) is 0 Å². The third-order valence-electron chi connectivity index (χ3n) is 1.17. The van der Waals surface area contributed by atoms with Gasteiger partial charge in [-0.1, -0.05) is 12.7 Å². The summed E-state index contributed by atoms with van der Waals surface area (Å²) in [5.41, 5.74) is 2.96. The molecule has 0 bridgehead atoms. The minimum Gasteiger partial charge on any atom is -0.494 e. The Bertz CT molecular complexity index is 205. The van der Waals surface area contributed by atoms with Crippen molar-refractivity contribution in [3.63, 3.8) is 0 Å². The molecule has 1 rings (SSSR count). The zero-order valence-electron chi connectivity index (χ0n) is 5.84. The van der Waals surface area contributed by atoms with Crippen molar-refractivity contribution in [3.05, 3.63) is 42.4 Å². The Morgan fingerprint density at radius 1 is 1.80 bits per heavy atom. The fourth-order valence-corrected chi connectivity index (χ4v) is 0.710. The highest BCUT2D eigenvalue weighted by molar-refractivity contribution is 5.15. The molecule has 0 saturated carbocycles. The first-order valence-electron chi connectivity index (χ1n) is 3.27. The summed E-state index contributed by atoms with van der Waals surface area (Å²) in [6.45, 7) is 4.15. The van der Waals surface area contributed by atoms with Gasteiger partial charge in [0.2, 0.25) is 0 Å². The summed E-state index contributed by atoms with van der Waals surface area (Å²) in [7, 11) is 0. The normalized spacial score (nSPS) is 14.6. The number of hydrogen-bond donors (Lipinski definition) is 0. The zero-order valence-corrected chi connectivity index (χ0v) is 5.84. The van der Waals surface area contributed by atoms with Gasteiger partial charge in [0.1, 0.15) is 12.4 Å². The van der Waals surface area contributed by atoms with E-state index in [4.69, 9.17) is 4.74 Å². The number of rotatable bonds is 3. The highest BCUT2D eigenvalue weighted by atomic mass is 16.5. The van der Waals surface area contributed by atoms with Crippen LogP contribution in [0.2, 0.25) is 0 Å². The second-order valence-electron chi connectivity index (χ2n) is 1.97. The van der Waals surface area contributed by atoms with Crippen LogP contribution >= 0.6 is 0 Å². The van der Waals surface area contributed by atoms with Crippen LogP contribution in [0.25, 0.3) is 0 Å². The van der Waals surface area contributed by atoms with Crippen molar-refractivity contribution in [2.75, 3.05) is 6.61 Å². The average molecular weight is 134 g/mol. The SMILES string of the molecule is C=CCOC1=CC=C=CC1. The van der Waals surface area contributed by atoms with Crippen molar-refractivity contribution < 1.29 is 4.74 Å². The van der Waals surface area contributed by atoms with E-state index in [2.05, 4.69) is 12.3 Å². The van der Waals surface area contributed by atoms with Crippen LogP contribution in [-0.4, -0.2) is 6.61 Å². The van der Waals surface area contributed by atoms with E-state index in [9.17, 15) is 0 Å². The first kappa shape index (κ1) is 6.91. The van der Waals surface area contributed by atoms with Crippen molar-refractivity contribution in [2.24, 2.45) is 0 Å². The molecule has 1 heteroatoms. The van der Waals surface area contributed by atoms with Crippen molar-refractivity contribution in [3.8, 4) is 0 Å². The summed E-state index contributed by atoms with van der Waals surface area (Å²) in [6.07, 6.45) is 8.30. The first-order chi connectivity index (χ1) is 4.93. The van der Waals surface area contributed by atoms with Gasteiger partial charge >= 0.3 is 0 Å². The molecule has 0 aromatic rings. The molecule has 1 aliphatic rings. The van der Waals surface area contributed by atoms with E-state index in [1.807, 2.05) is 18.2 Å². The molecule has 10 heavy (non-hydrogen) atoms. The summed E-state index contributed by atoms with van der Waals surface area (Å²) in [6, 6.07) is 0. The molecule has 0 aliphatic heterocycles. The van der Waals surface area contributed by atoms with Crippen molar-refractivity contribution >= 4 is 0 Å². The van der Waals surface area contributed by atoms with Gasteiger partial charge < -0.3 is 4.74 Å². The molecule has 52 valence electrons. The summed E-state index contributed by atoms with van der Waals surface area (Å²) in [5.74, 6) is 0.985. The third kappa shape index (κ3) is 1.96. The molecule has 1 nitrogen and oxygen atoms in total. The van der Waals surface area contributed by atoms with Crippen molar-refractivity contribution in [1.82, 2.24) is 0 Å². The van der Waals surface area contributed by atoms with E-state index in [-0.39, 0.29) is 0 Å². The minimum absolute atomic E-state index is 0.591. The van der Waals surface area contributed by atoms with Gasteiger partial charge in [0.05, 0.1) is 0 Å². The van der Waals surface area contributed by atoms with E-state index in [0.29, 0.717) is 6.61 Å². The third-order valence-corrected chi connectivity index (χ3v) is 1.17. The van der Waals surface area contributed by atoms with E-state index in [1.54, 1.807) is 6.08 Å². The number of hydrogen-bond acceptors (Lipinski definition) is 1. The quantitative estimate of drug-likeness (QED) is 0.424. The van der Waals surface area contributed by atoms with E-state index in [1.165, 1.54) is 0 Å². The Balaban J connectivity index is 2.37. The molecule has 0 heterocycles. The topological polar surface area (TPSA) is 9.23 Å². The van der Waals surface area contributed by atoms with Gasteiger partial charge in [-0.15, -0.1) is 5.73 Å². The Labute approximate surface area is 61.0 Å². The summed E-state index contributed by atoms with van der Waals surface area (Å²) in [5, 5.41) is 0. The van der Waals surface area contributed by atoms with Crippen molar-refractivity contribution in [2.45, 2.75) is 6.42 Å². The predicted octanol–water partition coefficient (Wildman–Crippen LogP) is 2.19. The molecule has 0 saturated heterocycles. The van der Waals surface area contributed by atoms with Gasteiger partial charge in [0, 0.05) is 6.42 Å². The molecule has 0 N–H and O–H groups in total. The second-order valence-corrected chi connectivity index (χ2v) is 1.97. The molecule has 0 aromatic carbocycles. The summed E-state index contributed by atoms with van der Waals surface area (Å²) in [4.78, 5) is 0. The monoisotopic (exact) mass is 134 g/mol. The molecule has 1 aliphatic carbocycles. The molecule has 0 spiro atoms. The smallest absolute Gasteiger partial charge is 0.106 e. The molecule has 0 unspecified atom stereocenters. The van der Waals surface area contributed by atoms with Crippen LogP contribution in [-0.2, 0) is 4.74 Å². The van der Waals surface area contributed by atoms with Crippen LogP contribution < -0.4 is 0 Å². The fourth-order valence-electron chi connectivity index (χ4n) is 0.710. The molecular weight excluding hydrogens is 124 g/mol. The maximum atomic E-state index is 5.27. The van der Waals surface area contributed by atoms with Crippen molar-refractivity contribution in [1.29, 1.82) is 0 Å². The molecule has 0 aromatic heterocycles. The maximum Gasteiger partial charge on any atom is 0.106 e. The lowest BCUT2D eigenvalue weighted by atomic mass is 10.2. The average Bonchev–Trinajstić information content (AvgIpc) is 2.03. The van der Waals surface area contributed by atoms with Crippen LogP contribution in [0.5, 0.6) is 0 Å². The largest absolute Gasteiger partial charge is 0.494 e. The molecular formula is C9H10O. The molecule has 0 atom stereocenters. The van der Waals surface area contributed by atoms with E-state index >= 15 is 0 Å². The van der Waals surface area contributed by atoms with Gasteiger partial charge in [-0.05, 0) is 18.2 Å². The standard InChI is InChI=1S/C9H10O/c1-2-8-10-9-6-4-3-5-7-9/h2,4-6H,1,7-8H2. The highest BCUT2D eigenvalue weighted by Crippen LogP contribution is 2.07. The second kappa shape index (κ2) is 3.76. The zero-order chi connectivity index (χ0) is 7.23. The lowest BCUT2D eigenvalue weighted by Gasteiger charge is -2.05. The Morgan fingerprint density at radius 2 is 2.70 bits per heavy atom. The first-order valence-corrected chi connectivity index (χ1v) is 3.27. The van der Waals surface area contributed by atoms with E-state index < -0.39 is 0 Å². The predicted molar refractivity (Wildman–Crippen MR) is 41.5 cm³/mol. The van der Waals surface area contributed by atoms with Crippen LogP contribution in [0.4, 0.5) is 0 Å². The van der Waals surface area contributed by atoms with Gasteiger partial charge in [-0.25, -0.2) is 0 Å².